The van der Waals surface area contributed by atoms with Crippen LogP contribution < -0.4 is 10.1 Å². The van der Waals surface area contributed by atoms with Crippen LogP contribution in [-0.2, 0) is 0 Å². The Kier molecular flexibility index (Phi) is 3.87. The average molecular weight is 279 g/mol. The van der Waals surface area contributed by atoms with Gasteiger partial charge in [0.1, 0.15) is 11.6 Å². The van der Waals surface area contributed by atoms with E-state index in [4.69, 9.17) is 21.4 Å². The number of benzene rings is 1. The molecule has 0 saturated carbocycles. The van der Waals surface area contributed by atoms with Crippen LogP contribution >= 0.6 is 11.6 Å². The summed E-state index contributed by atoms with van der Waals surface area (Å²) in [6.45, 7) is 0. The van der Waals surface area contributed by atoms with E-state index in [1.165, 1.54) is 6.07 Å². The van der Waals surface area contributed by atoms with E-state index in [9.17, 15) is 4.79 Å². The van der Waals surface area contributed by atoms with Gasteiger partial charge in [-0.15, -0.1) is 0 Å². The molecule has 0 spiro atoms. The first-order valence-electron chi connectivity index (χ1n) is 5.41. The number of aromatic nitrogens is 1. The van der Waals surface area contributed by atoms with Crippen LogP contribution in [0.25, 0.3) is 0 Å². The molecule has 1 aromatic heterocycles. The highest BCUT2D eigenvalue weighted by molar-refractivity contribution is 6.33. The van der Waals surface area contributed by atoms with Crippen molar-refractivity contribution in [3.05, 3.63) is 47.1 Å². The molecule has 2 rings (SSSR count). The van der Waals surface area contributed by atoms with Crippen LogP contribution in [0, 0.1) is 0 Å². The number of ether oxygens (including phenoxy) is 1. The van der Waals surface area contributed by atoms with Crippen LogP contribution in [-0.4, -0.2) is 23.2 Å². The van der Waals surface area contributed by atoms with Crippen molar-refractivity contribution in [1.29, 1.82) is 0 Å². The Morgan fingerprint density at radius 1 is 1.32 bits per heavy atom. The molecule has 0 aliphatic rings. The van der Waals surface area contributed by atoms with Crippen LogP contribution in [0.4, 0.5) is 11.5 Å². The molecule has 0 bridgehead atoms. The van der Waals surface area contributed by atoms with E-state index in [0.29, 0.717) is 17.3 Å². The van der Waals surface area contributed by atoms with Gasteiger partial charge in [-0.1, -0.05) is 23.7 Å². The van der Waals surface area contributed by atoms with Gasteiger partial charge in [0, 0.05) is 0 Å². The number of nitrogens with one attached hydrogen (secondary N) is 1. The van der Waals surface area contributed by atoms with Crippen molar-refractivity contribution in [2.45, 2.75) is 0 Å². The van der Waals surface area contributed by atoms with Crippen LogP contribution in [0.15, 0.2) is 36.4 Å². The molecule has 0 atom stereocenters. The van der Waals surface area contributed by atoms with Crippen molar-refractivity contribution in [1.82, 2.24) is 4.98 Å². The highest BCUT2D eigenvalue weighted by atomic mass is 35.5. The Bertz CT molecular complexity index is 617. The Labute approximate surface area is 114 Å². The van der Waals surface area contributed by atoms with E-state index >= 15 is 0 Å². The topological polar surface area (TPSA) is 71.5 Å². The summed E-state index contributed by atoms with van der Waals surface area (Å²) in [6, 6.07) is 10.3. The van der Waals surface area contributed by atoms with Crippen molar-refractivity contribution in [3.63, 3.8) is 0 Å². The molecule has 0 saturated heterocycles. The molecule has 19 heavy (non-hydrogen) atoms. The van der Waals surface area contributed by atoms with E-state index in [0.717, 1.165) is 0 Å². The fourth-order valence-corrected chi connectivity index (χ4v) is 1.73. The van der Waals surface area contributed by atoms with E-state index in [1.807, 2.05) is 12.1 Å². The fraction of sp³-hybridized carbons (Fsp3) is 0.0769. The van der Waals surface area contributed by atoms with Crippen LogP contribution in [0.3, 0.4) is 0 Å². The number of para-hydroxylation sites is 2. The normalized spacial score (nSPS) is 10.0. The quantitative estimate of drug-likeness (QED) is 0.899. The zero-order valence-corrected chi connectivity index (χ0v) is 10.8. The van der Waals surface area contributed by atoms with E-state index in [-0.39, 0.29) is 10.7 Å². The molecule has 0 aliphatic heterocycles. The molecule has 0 fully saturated rings. The summed E-state index contributed by atoms with van der Waals surface area (Å²) < 4.78 is 5.19. The van der Waals surface area contributed by atoms with E-state index in [2.05, 4.69) is 10.3 Å². The van der Waals surface area contributed by atoms with Gasteiger partial charge in [-0.3, -0.25) is 0 Å². The zero-order chi connectivity index (χ0) is 13.8. The number of hydrogen-bond acceptors (Lipinski definition) is 4. The number of anilines is 2. The number of carboxylic acids is 1. The lowest BCUT2D eigenvalue weighted by Crippen LogP contribution is -2.04. The lowest BCUT2D eigenvalue weighted by molar-refractivity contribution is 0.0691. The Morgan fingerprint density at radius 2 is 2.05 bits per heavy atom. The van der Waals surface area contributed by atoms with Gasteiger partial charge in [0.25, 0.3) is 0 Å². The Morgan fingerprint density at radius 3 is 2.74 bits per heavy atom. The molecule has 98 valence electrons. The Balaban J connectivity index is 2.33. The molecule has 5 nitrogen and oxygen atoms in total. The third kappa shape index (κ3) is 2.95. The predicted octanol–water partition coefficient (Wildman–Crippen LogP) is 3.19. The van der Waals surface area contributed by atoms with Crippen LogP contribution in [0.5, 0.6) is 5.75 Å². The number of pyridine rings is 1. The largest absolute Gasteiger partial charge is 0.495 e. The molecule has 6 heteroatoms. The van der Waals surface area contributed by atoms with Gasteiger partial charge in [0.15, 0.2) is 5.69 Å². The van der Waals surface area contributed by atoms with Gasteiger partial charge in [-0.2, -0.15) is 0 Å². The first-order chi connectivity index (χ1) is 9.11. The van der Waals surface area contributed by atoms with Crippen LogP contribution in [0.1, 0.15) is 10.5 Å². The molecule has 1 heterocycles. The molecule has 0 aliphatic carbocycles. The number of methoxy groups -OCH3 is 1. The second kappa shape index (κ2) is 5.58. The number of nitrogens with zero attached hydrogens (tertiary/aromatic N) is 1. The van der Waals surface area contributed by atoms with Gasteiger partial charge >= 0.3 is 5.97 Å². The second-order valence-electron chi connectivity index (χ2n) is 3.66. The number of carbonyl (C=O) groups is 1. The van der Waals surface area contributed by atoms with E-state index < -0.39 is 5.97 Å². The second-order valence-corrected chi connectivity index (χ2v) is 4.06. The molecule has 0 radical (unpaired) electrons. The minimum Gasteiger partial charge on any atom is -0.495 e. The summed E-state index contributed by atoms with van der Waals surface area (Å²) in [5.74, 6) is -0.156. The number of rotatable bonds is 4. The predicted molar refractivity (Wildman–Crippen MR) is 72.5 cm³/mol. The number of halogens is 1. The van der Waals surface area contributed by atoms with E-state index in [1.54, 1.807) is 25.3 Å². The summed E-state index contributed by atoms with van der Waals surface area (Å²) in [5.41, 5.74) is 0.498. The number of aromatic carboxylic acids is 1. The fourth-order valence-electron chi connectivity index (χ4n) is 1.55. The highest BCUT2D eigenvalue weighted by Gasteiger charge is 2.12. The summed E-state index contributed by atoms with van der Waals surface area (Å²) in [6.07, 6.45) is 0. The molecule has 2 aromatic rings. The molecule has 0 amide bonds. The van der Waals surface area contributed by atoms with Gasteiger partial charge in [-0.25, -0.2) is 9.78 Å². The first-order valence-corrected chi connectivity index (χ1v) is 5.79. The van der Waals surface area contributed by atoms with Gasteiger partial charge in [0.2, 0.25) is 0 Å². The summed E-state index contributed by atoms with van der Waals surface area (Å²) in [4.78, 5) is 14.9. The van der Waals surface area contributed by atoms with Gasteiger partial charge in [0.05, 0.1) is 17.8 Å². The maximum absolute atomic E-state index is 11.0. The third-order valence-electron chi connectivity index (χ3n) is 2.42. The minimum atomic E-state index is -1.17. The molecule has 1 aromatic carbocycles. The standard InChI is InChI=1S/C13H11ClN2O3/c1-19-10-5-3-2-4-9(10)15-11-7-6-8(14)12(16-11)13(17)18/h2-7H,1H3,(H,15,16)(H,17,18). The minimum absolute atomic E-state index is 0.0954. The van der Waals surface area contributed by atoms with Crippen LogP contribution in [0.2, 0.25) is 5.02 Å². The van der Waals surface area contributed by atoms with Crippen molar-refractivity contribution in [2.24, 2.45) is 0 Å². The van der Waals surface area contributed by atoms with Crippen molar-refractivity contribution in [3.8, 4) is 5.75 Å². The first kappa shape index (κ1) is 13.2. The molecule has 2 N–H and O–H groups in total. The average Bonchev–Trinajstić information content (AvgIpc) is 2.41. The SMILES string of the molecule is COc1ccccc1Nc1ccc(Cl)c(C(=O)O)n1. The maximum atomic E-state index is 11.0. The number of hydrogen-bond donors (Lipinski definition) is 2. The van der Waals surface area contributed by atoms with Gasteiger partial charge in [-0.05, 0) is 24.3 Å². The highest BCUT2D eigenvalue weighted by Crippen LogP contribution is 2.27. The third-order valence-corrected chi connectivity index (χ3v) is 2.72. The van der Waals surface area contributed by atoms with Crippen molar-refractivity contribution >= 4 is 29.1 Å². The Hall–Kier alpha value is -2.27. The lowest BCUT2D eigenvalue weighted by Gasteiger charge is -2.10. The smallest absolute Gasteiger partial charge is 0.356 e. The summed E-state index contributed by atoms with van der Waals surface area (Å²) >= 11 is 5.76. The maximum Gasteiger partial charge on any atom is 0.356 e. The summed E-state index contributed by atoms with van der Waals surface area (Å²) in [7, 11) is 1.55. The summed E-state index contributed by atoms with van der Waals surface area (Å²) in [5, 5.41) is 12.0. The number of carboxylic acid groups (broad SMARTS) is 1. The van der Waals surface area contributed by atoms with Crippen molar-refractivity contribution < 1.29 is 14.6 Å². The molecular weight excluding hydrogens is 268 g/mol. The van der Waals surface area contributed by atoms with Crippen molar-refractivity contribution in [2.75, 3.05) is 12.4 Å². The lowest BCUT2D eigenvalue weighted by atomic mass is 10.3. The zero-order valence-electron chi connectivity index (χ0n) is 10.1. The monoisotopic (exact) mass is 278 g/mol. The molecular formula is C13H11ClN2O3. The van der Waals surface area contributed by atoms with Gasteiger partial charge < -0.3 is 15.2 Å². The molecule has 0 unspecified atom stereocenters.